The highest BCUT2D eigenvalue weighted by atomic mass is 16.5. The maximum atomic E-state index is 12.6. The standard InChI is InChI=1S/C25H32N2O4/c1-4-30-22-11-10-19(14-23(22)31-5-2)12-13-26-25(29)21-15-24(28)27(17-21)16-20-8-6-18(3)7-9-20/h6-11,14,21H,4-5,12-13,15-17H2,1-3H3,(H,26,29)/t21-/m0/s1. The van der Waals surface area contributed by atoms with Crippen molar-refractivity contribution in [3.05, 3.63) is 59.2 Å². The summed E-state index contributed by atoms with van der Waals surface area (Å²) in [7, 11) is 0. The number of carbonyl (C=O) groups is 2. The van der Waals surface area contributed by atoms with Crippen LogP contribution in [0.5, 0.6) is 11.5 Å². The molecule has 1 fully saturated rings. The zero-order valence-corrected chi connectivity index (χ0v) is 18.6. The minimum Gasteiger partial charge on any atom is -0.490 e. The fourth-order valence-electron chi connectivity index (χ4n) is 3.74. The highest BCUT2D eigenvalue weighted by Crippen LogP contribution is 2.28. The molecular formula is C25H32N2O4. The van der Waals surface area contributed by atoms with Gasteiger partial charge in [-0.2, -0.15) is 0 Å². The number of nitrogens with one attached hydrogen (secondary N) is 1. The van der Waals surface area contributed by atoms with Crippen LogP contribution < -0.4 is 14.8 Å². The van der Waals surface area contributed by atoms with Gasteiger partial charge in [-0.05, 0) is 50.5 Å². The van der Waals surface area contributed by atoms with Crippen molar-refractivity contribution in [2.45, 2.75) is 40.2 Å². The van der Waals surface area contributed by atoms with Crippen molar-refractivity contribution >= 4 is 11.8 Å². The second-order valence-corrected chi connectivity index (χ2v) is 7.85. The van der Waals surface area contributed by atoms with Gasteiger partial charge in [0.05, 0.1) is 19.1 Å². The molecule has 2 amide bonds. The first-order chi connectivity index (χ1) is 15.0. The Hall–Kier alpha value is -3.02. The van der Waals surface area contributed by atoms with Gasteiger partial charge in [-0.3, -0.25) is 9.59 Å². The number of nitrogens with zero attached hydrogens (tertiary/aromatic N) is 1. The molecule has 31 heavy (non-hydrogen) atoms. The lowest BCUT2D eigenvalue weighted by atomic mass is 10.1. The maximum Gasteiger partial charge on any atom is 0.225 e. The fraction of sp³-hybridized carbons (Fsp3) is 0.440. The van der Waals surface area contributed by atoms with Crippen molar-refractivity contribution < 1.29 is 19.1 Å². The molecule has 1 aliphatic rings. The van der Waals surface area contributed by atoms with Crippen LogP contribution in [0, 0.1) is 12.8 Å². The number of aryl methyl sites for hydroxylation is 1. The molecule has 3 rings (SSSR count). The number of likely N-dealkylation sites (tertiary alicyclic amines) is 1. The van der Waals surface area contributed by atoms with Crippen molar-refractivity contribution in [1.29, 1.82) is 0 Å². The lowest BCUT2D eigenvalue weighted by Crippen LogP contribution is -2.34. The Morgan fingerprint density at radius 3 is 2.42 bits per heavy atom. The third kappa shape index (κ3) is 6.23. The molecule has 1 aliphatic heterocycles. The van der Waals surface area contributed by atoms with Crippen LogP contribution >= 0.6 is 0 Å². The van der Waals surface area contributed by atoms with E-state index in [4.69, 9.17) is 9.47 Å². The normalized spacial score (nSPS) is 15.8. The van der Waals surface area contributed by atoms with Gasteiger partial charge in [0.1, 0.15) is 0 Å². The van der Waals surface area contributed by atoms with Crippen LogP contribution in [0.3, 0.4) is 0 Å². The maximum absolute atomic E-state index is 12.6. The van der Waals surface area contributed by atoms with E-state index in [9.17, 15) is 9.59 Å². The third-order valence-corrected chi connectivity index (χ3v) is 5.40. The number of ether oxygens (including phenoxy) is 2. The van der Waals surface area contributed by atoms with Crippen LogP contribution in [0.2, 0.25) is 0 Å². The van der Waals surface area contributed by atoms with Gasteiger partial charge < -0.3 is 19.7 Å². The average molecular weight is 425 g/mol. The summed E-state index contributed by atoms with van der Waals surface area (Å²) in [4.78, 5) is 26.7. The van der Waals surface area contributed by atoms with Crippen molar-refractivity contribution in [1.82, 2.24) is 10.2 Å². The molecule has 166 valence electrons. The molecule has 1 heterocycles. The summed E-state index contributed by atoms with van der Waals surface area (Å²) in [6.07, 6.45) is 0.960. The van der Waals surface area contributed by atoms with Crippen LogP contribution in [0.1, 0.15) is 37.0 Å². The zero-order chi connectivity index (χ0) is 22.2. The molecule has 0 saturated carbocycles. The lowest BCUT2D eigenvalue weighted by Gasteiger charge is -2.17. The van der Waals surface area contributed by atoms with Crippen LogP contribution in [-0.2, 0) is 22.6 Å². The van der Waals surface area contributed by atoms with E-state index in [0.29, 0.717) is 39.3 Å². The number of amides is 2. The first-order valence-electron chi connectivity index (χ1n) is 11.0. The van der Waals surface area contributed by atoms with Crippen LogP contribution in [0.25, 0.3) is 0 Å². The fourth-order valence-corrected chi connectivity index (χ4v) is 3.74. The molecule has 0 bridgehead atoms. The highest BCUT2D eigenvalue weighted by molar-refractivity contribution is 5.89. The smallest absolute Gasteiger partial charge is 0.225 e. The summed E-state index contributed by atoms with van der Waals surface area (Å²) in [5.41, 5.74) is 3.34. The van der Waals surface area contributed by atoms with Gasteiger partial charge in [0.15, 0.2) is 11.5 Å². The second kappa shape index (κ2) is 10.8. The molecule has 0 aromatic heterocycles. The minimum absolute atomic E-state index is 0.0357. The number of rotatable bonds is 10. The molecule has 1 saturated heterocycles. The van der Waals surface area contributed by atoms with E-state index in [2.05, 4.69) is 5.32 Å². The summed E-state index contributed by atoms with van der Waals surface area (Å²) >= 11 is 0. The van der Waals surface area contributed by atoms with E-state index in [0.717, 1.165) is 22.6 Å². The molecule has 0 radical (unpaired) electrons. The van der Waals surface area contributed by atoms with E-state index in [1.165, 1.54) is 5.56 Å². The Morgan fingerprint density at radius 2 is 1.71 bits per heavy atom. The number of hydrogen-bond acceptors (Lipinski definition) is 4. The Labute approximate surface area is 184 Å². The van der Waals surface area contributed by atoms with E-state index >= 15 is 0 Å². The van der Waals surface area contributed by atoms with Crippen LogP contribution in [0.4, 0.5) is 0 Å². The molecule has 6 heteroatoms. The zero-order valence-electron chi connectivity index (χ0n) is 18.6. The largest absolute Gasteiger partial charge is 0.490 e. The highest BCUT2D eigenvalue weighted by Gasteiger charge is 2.34. The van der Waals surface area contributed by atoms with Gasteiger partial charge in [0.25, 0.3) is 0 Å². The van der Waals surface area contributed by atoms with Gasteiger partial charge in [-0.1, -0.05) is 35.9 Å². The van der Waals surface area contributed by atoms with E-state index < -0.39 is 0 Å². The third-order valence-electron chi connectivity index (χ3n) is 5.40. The number of benzene rings is 2. The molecule has 2 aromatic carbocycles. The topological polar surface area (TPSA) is 67.9 Å². The minimum atomic E-state index is -0.294. The van der Waals surface area contributed by atoms with Crippen LogP contribution in [-0.4, -0.2) is 43.0 Å². The molecule has 0 aliphatic carbocycles. The summed E-state index contributed by atoms with van der Waals surface area (Å²) in [6, 6.07) is 14.0. The molecule has 1 N–H and O–H groups in total. The predicted octanol–water partition coefficient (Wildman–Crippen LogP) is 3.50. The molecule has 0 unspecified atom stereocenters. The molecule has 6 nitrogen and oxygen atoms in total. The summed E-state index contributed by atoms with van der Waals surface area (Å²) in [5.74, 6) is 1.14. The van der Waals surface area contributed by atoms with Crippen molar-refractivity contribution in [3.8, 4) is 11.5 Å². The van der Waals surface area contributed by atoms with E-state index in [1.807, 2.05) is 63.2 Å². The Balaban J connectivity index is 1.49. The Kier molecular flexibility index (Phi) is 7.93. The molecule has 1 atom stereocenters. The lowest BCUT2D eigenvalue weighted by molar-refractivity contribution is -0.129. The Bertz CT molecular complexity index is 895. The summed E-state index contributed by atoms with van der Waals surface area (Å²) in [5, 5.41) is 2.99. The first kappa shape index (κ1) is 22.7. The Morgan fingerprint density at radius 1 is 1.03 bits per heavy atom. The average Bonchev–Trinajstić information content (AvgIpc) is 3.12. The van der Waals surface area contributed by atoms with Crippen molar-refractivity contribution in [3.63, 3.8) is 0 Å². The van der Waals surface area contributed by atoms with Gasteiger partial charge in [0, 0.05) is 26.1 Å². The number of hydrogen-bond donors (Lipinski definition) is 1. The number of carbonyl (C=O) groups excluding carboxylic acids is 2. The van der Waals surface area contributed by atoms with Crippen molar-refractivity contribution in [2.75, 3.05) is 26.3 Å². The first-order valence-corrected chi connectivity index (χ1v) is 11.0. The quantitative estimate of drug-likeness (QED) is 0.634. The SMILES string of the molecule is CCOc1ccc(CCNC(=O)[C@H]2CC(=O)N(Cc3ccc(C)cc3)C2)cc1OCC. The summed E-state index contributed by atoms with van der Waals surface area (Å²) in [6.45, 7) is 8.59. The molecule has 2 aromatic rings. The van der Waals surface area contributed by atoms with Crippen LogP contribution in [0.15, 0.2) is 42.5 Å². The molecule has 0 spiro atoms. The van der Waals surface area contributed by atoms with Crippen molar-refractivity contribution in [2.24, 2.45) is 5.92 Å². The van der Waals surface area contributed by atoms with Gasteiger partial charge in [0.2, 0.25) is 11.8 Å². The molecular weight excluding hydrogens is 392 g/mol. The van der Waals surface area contributed by atoms with E-state index in [-0.39, 0.29) is 24.2 Å². The van der Waals surface area contributed by atoms with Gasteiger partial charge in [-0.25, -0.2) is 0 Å². The monoisotopic (exact) mass is 424 g/mol. The van der Waals surface area contributed by atoms with E-state index in [1.54, 1.807) is 4.90 Å². The van der Waals surface area contributed by atoms with Gasteiger partial charge in [-0.15, -0.1) is 0 Å². The summed E-state index contributed by atoms with van der Waals surface area (Å²) < 4.78 is 11.3. The van der Waals surface area contributed by atoms with Gasteiger partial charge >= 0.3 is 0 Å². The second-order valence-electron chi connectivity index (χ2n) is 7.85. The predicted molar refractivity (Wildman–Crippen MR) is 120 cm³/mol.